The third-order valence-electron chi connectivity index (χ3n) is 4.60. The van der Waals surface area contributed by atoms with Crippen molar-refractivity contribution in [2.24, 2.45) is 0 Å². The van der Waals surface area contributed by atoms with Gasteiger partial charge in [0, 0.05) is 12.1 Å². The molecule has 0 aliphatic heterocycles. The number of ketones is 1. The van der Waals surface area contributed by atoms with Gasteiger partial charge in [-0.15, -0.1) is 0 Å². The Morgan fingerprint density at radius 1 is 1.14 bits per heavy atom. The van der Waals surface area contributed by atoms with Crippen molar-refractivity contribution in [1.82, 2.24) is 4.57 Å². The average molecular weight is 376 g/mol. The molecule has 0 radical (unpaired) electrons. The molecule has 0 saturated heterocycles. The number of aryl methyl sites for hydroxylation is 1. The number of nitrogens with zero attached hydrogens (tertiary/aromatic N) is 2. The van der Waals surface area contributed by atoms with E-state index in [1.165, 1.54) is 19.1 Å². The van der Waals surface area contributed by atoms with Gasteiger partial charge in [0.1, 0.15) is 17.4 Å². The quantitative estimate of drug-likeness (QED) is 0.692. The van der Waals surface area contributed by atoms with Crippen LogP contribution in [0.15, 0.2) is 59.4 Å². The van der Waals surface area contributed by atoms with Gasteiger partial charge in [0.15, 0.2) is 5.78 Å². The Balaban J connectivity index is 2.09. The Hall–Kier alpha value is -3.72. The number of carbonyl (C=O) groups is 1. The summed E-state index contributed by atoms with van der Waals surface area (Å²) in [6, 6.07) is 16.0. The summed E-state index contributed by atoms with van der Waals surface area (Å²) in [5.41, 5.74) is 0.225. The summed E-state index contributed by atoms with van der Waals surface area (Å²) in [6.45, 7) is 1.55. The van der Waals surface area contributed by atoms with Crippen molar-refractivity contribution in [2.75, 3.05) is 0 Å². The molecule has 0 atom stereocenters. The summed E-state index contributed by atoms with van der Waals surface area (Å²) >= 11 is 0. The van der Waals surface area contributed by atoms with Gasteiger partial charge in [-0.05, 0) is 48.7 Å². The van der Waals surface area contributed by atoms with E-state index in [1.807, 2.05) is 36.4 Å². The SMILES string of the molecule is Cc1c(C(=O)c2ccc(F)cc2)c(O)n(CCc2ccccc2)c(=O)c1C#N. The van der Waals surface area contributed by atoms with E-state index in [9.17, 15) is 24.3 Å². The van der Waals surface area contributed by atoms with E-state index in [0.717, 1.165) is 22.3 Å². The fourth-order valence-electron chi connectivity index (χ4n) is 3.06. The zero-order valence-corrected chi connectivity index (χ0v) is 15.1. The number of aromatic nitrogens is 1. The van der Waals surface area contributed by atoms with Crippen LogP contribution in [0.4, 0.5) is 4.39 Å². The second-order valence-electron chi connectivity index (χ2n) is 6.34. The Labute approximate surface area is 160 Å². The van der Waals surface area contributed by atoms with Gasteiger partial charge in [-0.1, -0.05) is 30.3 Å². The van der Waals surface area contributed by atoms with Crippen LogP contribution in [-0.4, -0.2) is 15.5 Å². The number of carbonyl (C=O) groups excluding carboxylic acids is 1. The van der Waals surface area contributed by atoms with Crippen molar-refractivity contribution in [1.29, 1.82) is 5.26 Å². The van der Waals surface area contributed by atoms with E-state index in [2.05, 4.69) is 0 Å². The largest absolute Gasteiger partial charge is 0.494 e. The van der Waals surface area contributed by atoms with Crippen LogP contribution in [0.3, 0.4) is 0 Å². The third-order valence-corrected chi connectivity index (χ3v) is 4.60. The van der Waals surface area contributed by atoms with Crippen LogP contribution in [0.5, 0.6) is 5.88 Å². The van der Waals surface area contributed by atoms with Crippen LogP contribution in [0.2, 0.25) is 0 Å². The van der Waals surface area contributed by atoms with Crippen molar-refractivity contribution in [3.8, 4) is 11.9 Å². The first-order valence-corrected chi connectivity index (χ1v) is 8.64. The number of aromatic hydroxyl groups is 1. The molecule has 0 aliphatic rings. The fourth-order valence-corrected chi connectivity index (χ4v) is 3.06. The van der Waals surface area contributed by atoms with Crippen LogP contribution in [-0.2, 0) is 13.0 Å². The average Bonchev–Trinajstić information content (AvgIpc) is 2.69. The molecular formula is C22H17FN2O3. The minimum atomic E-state index is -0.649. The number of rotatable bonds is 5. The molecule has 28 heavy (non-hydrogen) atoms. The normalized spacial score (nSPS) is 10.5. The van der Waals surface area contributed by atoms with Crippen molar-refractivity contribution < 1.29 is 14.3 Å². The van der Waals surface area contributed by atoms with E-state index in [0.29, 0.717) is 6.42 Å². The summed E-state index contributed by atoms with van der Waals surface area (Å²) in [7, 11) is 0. The first-order valence-electron chi connectivity index (χ1n) is 8.64. The molecule has 0 fully saturated rings. The van der Waals surface area contributed by atoms with Gasteiger partial charge in [0.25, 0.3) is 5.56 Å². The lowest BCUT2D eigenvalue weighted by molar-refractivity contribution is 0.103. The Bertz CT molecular complexity index is 1130. The highest BCUT2D eigenvalue weighted by molar-refractivity contribution is 6.11. The molecule has 5 nitrogen and oxygen atoms in total. The number of nitriles is 1. The molecule has 1 aromatic heterocycles. The molecule has 1 N–H and O–H groups in total. The first kappa shape index (κ1) is 19.1. The molecule has 0 spiro atoms. The minimum absolute atomic E-state index is 0.105. The van der Waals surface area contributed by atoms with Gasteiger partial charge in [-0.25, -0.2) is 4.39 Å². The lowest BCUT2D eigenvalue weighted by Crippen LogP contribution is -2.27. The molecule has 0 saturated carbocycles. The topological polar surface area (TPSA) is 83.1 Å². The molecule has 140 valence electrons. The summed E-state index contributed by atoms with van der Waals surface area (Å²) in [4.78, 5) is 25.5. The smallest absolute Gasteiger partial charge is 0.271 e. The lowest BCUT2D eigenvalue weighted by atomic mass is 9.97. The van der Waals surface area contributed by atoms with Gasteiger partial charge in [-0.3, -0.25) is 14.2 Å². The van der Waals surface area contributed by atoms with E-state index >= 15 is 0 Å². The Kier molecular flexibility index (Phi) is 5.37. The summed E-state index contributed by atoms with van der Waals surface area (Å²) in [6.07, 6.45) is 0.437. The van der Waals surface area contributed by atoms with Crippen molar-refractivity contribution in [3.05, 3.63) is 98.6 Å². The monoisotopic (exact) mass is 376 g/mol. The second-order valence-corrected chi connectivity index (χ2v) is 6.34. The summed E-state index contributed by atoms with van der Waals surface area (Å²) in [5, 5.41) is 20.1. The maximum Gasteiger partial charge on any atom is 0.271 e. The van der Waals surface area contributed by atoms with Crippen molar-refractivity contribution in [2.45, 2.75) is 19.9 Å². The highest BCUT2D eigenvalue weighted by Crippen LogP contribution is 2.25. The highest BCUT2D eigenvalue weighted by atomic mass is 19.1. The Morgan fingerprint density at radius 2 is 1.79 bits per heavy atom. The van der Waals surface area contributed by atoms with E-state index in [-0.39, 0.29) is 28.8 Å². The number of pyridine rings is 1. The van der Waals surface area contributed by atoms with Crippen LogP contribution in [0, 0.1) is 24.1 Å². The fraction of sp³-hybridized carbons (Fsp3) is 0.136. The van der Waals surface area contributed by atoms with E-state index < -0.39 is 23.0 Å². The van der Waals surface area contributed by atoms with Gasteiger partial charge in [0.2, 0.25) is 5.88 Å². The third kappa shape index (κ3) is 3.55. The zero-order valence-electron chi connectivity index (χ0n) is 15.1. The lowest BCUT2D eigenvalue weighted by Gasteiger charge is -2.15. The predicted molar refractivity (Wildman–Crippen MR) is 102 cm³/mol. The number of hydrogen-bond acceptors (Lipinski definition) is 4. The molecule has 0 aliphatic carbocycles. The maximum absolute atomic E-state index is 13.2. The minimum Gasteiger partial charge on any atom is -0.494 e. The standard InChI is InChI=1S/C22H17FN2O3/c1-14-18(13-24)21(27)25(12-11-15-5-3-2-4-6-15)22(28)19(14)20(26)16-7-9-17(23)10-8-16/h2-10,28H,11-12H2,1H3. The molecule has 0 unspecified atom stereocenters. The first-order chi connectivity index (χ1) is 13.4. The molecule has 3 rings (SSSR count). The van der Waals surface area contributed by atoms with Crippen LogP contribution < -0.4 is 5.56 Å². The van der Waals surface area contributed by atoms with Crippen LogP contribution >= 0.6 is 0 Å². The summed E-state index contributed by atoms with van der Waals surface area (Å²) in [5.74, 6) is -1.57. The summed E-state index contributed by atoms with van der Waals surface area (Å²) < 4.78 is 14.2. The van der Waals surface area contributed by atoms with Gasteiger partial charge < -0.3 is 5.11 Å². The van der Waals surface area contributed by atoms with Crippen molar-refractivity contribution in [3.63, 3.8) is 0 Å². The molecular weight excluding hydrogens is 359 g/mol. The van der Waals surface area contributed by atoms with Gasteiger partial charge >= 0.3 is 0 Å². The van der Waals surface area contributed by atoms with Crippen LogP contribution in [0.1, 0.15) is 32.6 Å². The molecule has 6 heteroatoms. The molecule has 2 aromatic carbocycles. The zero-order chi connectivity index (χ0) is 20.3. The highest BCUT2D eigenvalue weighted by Gasteiger charge is 2.24. The van der Waals surface area contributed by atoms with E-state index in [1.54, 1.807) is 0 Å². The molecule has 0 amide bonds. The maximum atomic E-state index is 13.2. The number of hydrogen-bond donors (Lipinski definition) is 1. The Morgan fingerprint density at radius 3 is 2.39 bits per heavy atom. The van der Waals surface area contributed by atoms with Crippen LogP contribution in [0.25, 0.3) is 0 Å². The number of halogens is 1. The van der Waals surface area contributed by atoms with E-state index in [4.69, 9.17) is 0 Å². The second kappa shape index (κ2) is 7.89. The van der Waals surface area contributed by atoms with Gasteiger partial charge in [-0.2, -0.15) is 5.26 Å². The molecule has 0 bridgehead atoms. The predicted octanol–water partition coefficient (Wildman–Crippen LogP) is 3.35. The number of benzene rings is 2. The molecule has 3 aromatic rings. The van der Waals surface area contributed by atoms with Crippen molar-refractivity contribution >= 4 is 5.78 Å². The molecule has 1 heterocycles. The van der Waals surface area contributed by atoms with Gasteiger partial charge in [0.05, 0.1) is 5.56 Å².